The number of nitrogens with one attached hydrogen (secondary N) is 2. The van der Waals surface area contributed by atoms with Crippen LogP contribution in [0, 0.1) is 11.7 Å². The van der Waals surface area contributed by atoms with Gasteiger partial charge in [-0.05, 0) is 37.5 Å². The van der Waals surface area contributed by atoms with Crippen LogP contribution in [0.1, 0.15) is 32.4 Å². The molecule has 0 fully saturated rings. The molecule has 0 spiro atoms. The van der Waals surface area contributed by atoms with E-state index in [1.807, 2.05) is 26.8 Å². The summed E-state index contributed by atoms with van der Waals surface area (Å²) < 4.78 is 18.7. The topological polar surface area (TPSA) is 65.9 Å². The Kier molecular flexibility index (Phi) is 7.66. The van der Waals surface area contributed by atoms with Crippen molar-refractivity contribution in [2.45, 2.75) is 26.8 Å². The summed E-state index contributed by atoms with van der Waals surface area (Å²) in [5.41, 5.74) is 0.805. The molecule has 124 valence electrons. The van der Waals surface area contributed by atoms with Gasteiger partial charge in [-0.25, -0.2) is 4.39 Å². The van der Waals surface area contributed by atoms with Crippen molar-refractivity contribution in [2.24, 2.45) is 10.9 Å². The highest BCUT2D eigenvalue weighted by Crippen LogP contribution is 2.21. The summed E-state index contributed by atoms with van der Waals surface area (Å²) in [5, 5.41) is 15.4. The minimum absolute atomic E-state index is 0.0994. The average Bonchev–Trinajstić information content (AvgIpc) is 2.52. The van der Waals surface area contributed by atoms with Crippen molar-refractivity contribution in [2.75, 3.05) is 26.8 Å². The van der Waals surface area contributed by atoms with E-state index in [0.717, 1.165) is 12.1 Å². The van der Waals surface area contributed by atoms with Gasteiger partial charge in [-0.2, -0.15) is 0 Å². The fourth-order valence-corrected chi connectivity index (χ4v) is 1.87. The summed E-state index contributed by atoms with van der Waals surface area (Å²) >= 11 is 0. The van der Waals surface area contributed by atoms with Crippen molar-refractivity contribution in [1.29, 1.82) is 0 Å². The maximum atomic E-state index is 13.8. The van der Waals surface area contributed by atoms with E-state index < -0.39 is 0 Å². The summed E-state index contributed by atoms with van der Waals surface area (Å²) in [4.78, 5) is 4.42. The molecule has 2 unspecified atom stereocenters. The van der Waals surface area contributed by atoms with Crippen molar-refractivity contribution in [1.82, 2.24) is 10.6 Å². The molecular formula is C16H26FN3O2. The van der Waals surface area contributed by atoms with Crippen molar-refractivity contribution in [3.63, 3.8) is 0 Å². The van der Waals surface area contributed by atoms with Gasteiger partial charge in [0.25, 0.3) is 0 Å². The highest BCUT2D eigenvalue weighted by Gasteiger charge is 2.11. The van der Waals surface area contributed by atoms with E-state index in [-0.39, 0.29) is 30.1 Å². The first-order valence-corrected chi connectivity index (χ1v) is 7.50. The highest BCUT2D eigenvalue weighted by atomic mass is 19.1. The molecule has 0 bridgehead atoms. The lowest BCUT2D eigenvalue weighted by molar-refractivity contribution is 0.241. The second kappa shape index (κ2) is 9.25. The number of hydrogen-bond donors (Lipinski definition) is 3. The predicted octanol–water partition coefficient (Wildman–Crippen LogP) is 2.08. The molecule has 22 heavy (non-hydrogen) atoms. The van der Waals surface area contributed by atoms with Crippen LogP contribution in [0.15, 0.2) is 23.2 Å². The SMILES string of the molecule is CCNC(=NCC(C)CO)NC(C)c1ccc(OC)c(F)c1. The second-order valence-corrected chi connectivity index (χ2v) is 5.27. The van der Waals surface area contributed by atoms with E-state index in [4.69, 9.17) is 9.84 Å². The molecule has 0 aliphatic carbocycles. The molecule has 0 aliphatic heterocycles. The Hall–Kier alpha value is -1.82. The van der Waals surface area contributed by atoms with Crippen molar-refractivity contribution in [3.05, 3.63) is 29.6 Å². The van der Waals surface area contributed by atoms with Crippen LogP contribution in [0.2, 0.25) is 0 Å². The summed E-state index contributed by atoms with van der Waals surface area (Å²) in [5.74, 6) is 0.591. The fourth-order valence-electron chi connectivity index (χ4n) is 1.87. The lowest BCUT2D eigenvalue weighted by Gasteiger charge is -2.19. The molecule has 1 rings (SSSR count). The van der Waals surface area contributed by atoms with Gasteiger partial charge in [0.2, 0.25) is 0 Å². The number of aliphatic hydroxyl groups is 1. The number of hydrogen-bond acceptors (Lipinski definition) is 3. The summed E-state index contributed by atoms with van der Waals surface area (Å²) in [6.07, 6.45) is 0. The minimum Gasteiger partial charge on any atom is -0.494 e. The number of nitrogens with zero attached hydrogens (tertiary/aromatic N) is 1. The molecule has 0 aliphatic rings. The number of benzene rings is 1. The lowest BCUT2D eigenvalue weighted by atomic mass is 10.1. The molecular weight excluding hydrogens is 285 g/mol. The molecule has 5 nitrogen and oxygen atoms in total. The third-order valence-corrected chi connectivity index (χ3v) is 3.25. The van der Waals surface area contributed by atoms with Crippen LogP contribution in [0.3, 0.4) is 0 Å². The molecule has 0 saturated heterocycles. The number of aliphatic imine (C=N–C) groups is 1. The van der Waals surface area contributed by atoms with Crippen LogP contribution in [0.5, 0.6) is 5.75 Å². The standard InChI is InChI=1S/C16H26FN3O2/c1-5-18-16(19-9-11(2)10-21)20-12(3)13-6-7-15(22-4)14(17)8-13/h6-8,11-12,21H,5,9-10H2,1-4H3,(H2,18,19,20). The Morgan fingerprint density at radius 2 is 2.14 bits per heavy atom. The van der Waals surface area contributed by atoms with Crippen LogP contribution < -0.4 is 15.4 Å². The van der Waals surface area contributed by atoms with E-state index in [1.165, 1.54) is 13.2 Å². The number of rotatable bonds is 7. The van der Waals surface area contributed by atoms with Crippen molar-refractivity contribution >= 4 is 5.96 Å². The lowest BCUT2D eigenvalue weighted by Crippen LogP contribution is -2.39. The summed E-state index contributed by atoms with van der Waals surface area (Å²) in [6, 6.07) is 4.78. The fraction of sp³-hybridized carbons (Fsp3) is 0.562. The largest absolute Gasteiger partial charge is 0.494 e. The van der Waals surface area contributed by atoms with Crippen LogP contribution in [0.4, 0.5) is 4.39 Å². The Labute approximate surface area is 131 Å². The van der Waals surface area contributed by atoms with Crippen LogP contribution in [-0.2, 0) is 0 Å². The van der Waals surface area contributed by atoms with Gasteiger partial charge in [-0.3, -0.25) is 4.99 Å². The number of guanidine groups is 1. The van der Waals surface area contributed by atoms with Gasteiger partial charge < -0.3 is 20.5 Å². The highest BCUT2D eigenvalue weighted by molar-refractivity contribution is 5.80. The Morgan fingerprint density at radius 1 is 1.41 bits per heavy atom. The molecule has 3 N–H and O–H groups in total. The second-order valence-electron chi connectivity index (χ2n) is 5.27. The first-order valence-electron chi connectivity index (χ1n) is 7.50. The van der Waals surface area contributed by atoms with Gasteiger partial charge in [-0.15, -0.1) is 0 Å². The van der Waals surface area contributed by atoms with Gasteiger partial charge in [0.1, 0.15) is 0 Å². The van der Waals surface area contributed by atoms with Crippen molar-refractivity contribution < 1.29 is 14.2 Å². The zero-order valence-electron chi connectivity index (χ0n) is 13.7. The molecule has 1 aromatic carbocycles. The van der Waals surface area contributed by atoms with Gasteiger partial charge in [-0.1, -0.05) is 13.0 Å². The molecule has 0 heterocycles. The Morgan fingerprint density at radius 3 is 2.68 bits per heavy atom. The third kappa shape index (κ3) is 5.52. The smallest absolute Gasteiger partial charge is 0.191 e. The first-order chi connectivity index (χ1) is 10.5. The Balaban J connectivity index is 2.77. The molecule has 2 atom stereocenters. The number of ether oxygens (including phenoxy) is 1. The normalized spacial score (nSPS) is 14.4. The van der Waals surface area contributed by atoms with E-state index in [0.29, 0.717) is 12.5 Å². The molecule has 0 amide bonds. The van der Waals surface area contributed by atoms with Crippen LogP contribution in [0.25, 0.3) is 0 Å². The summed E-state index contributed by atoms with van der Waals surface area (Å²) in [7, 11) is 1.44. The molecule has 1 aromatic rings. The molecule has 0 aromatic heterocycles. The van der Waals surface area contributed by atoms with Gasteiger partial charge >= 0.3 is 0 Å². The van der Waals surface area contributed by atoms with E-state index in [9.17, 15) is 4.39 Å². The molecule has 0 radical (unpaired) electrons. The zero-order chi connectivity index (χ0) is 16.5. The molecule has 6 heteroatoms. The third-order valence-electron chi connectivity index (χ3n) is 3.25. The number of methoxy groups -OCH3 is 1. The summed E-state index contributed by atoms with van der Waals surface area (Å²) in [6.45, 7) is 7.18. The van der Waals surface area contributed by atoms with Gasteiger partial charge in [0, 0.05) is 19.7 Å². The molecule has 0 saturated carbocycles. The monoisotopic (exact) mass is 311 g/mol. The Bertz CT molecular complexity index is 494. The minimum atomic E-state index is -0.385. The maximum absolute atomic E-state index is 13.8. The quantitative estimate of drug-likeness (QED) is 0.533. The number of aliphatic hydroxyl groups excluding tert-OH is 1. The van der Waals surface area contributed by atoms with Crippen LogP contribution >= 0.6 is 0 Å². The van der Waals surface area contributed by atoms with E-state index in [1.54, 1.807) is 6.07 Å². The number of halogens is 1. The van der Waals surface area contributed by atoms with E-state index in [2.05, 4.69) is 15.6 Å². The van der Waals surface area contributed by atoms with Gasteiger partial charge in [0.05, 0.1) is 13.2 Å². The maximum Gasteiger partial charge on any atom is 0.191 e. The van der Waals surface area contributed by atoms with E-state index >= 15 is 0 Å². The van der Waals surface area contributed by atoms with Crippen LogP contribution in [-0.4, -0.2) is 37.9 Å². The average molecular weight is 311 g/mol. The zero-order valence-corrected chi connectivity index (χ0v) is 13.7. The van der Waals surface area contributed by atoms with Gasteiger partial charge in [0.15, 0.2) is 17.5 Å². The first kappa shape index (κ1) is 18.2. The predicted molar refractivity (Wildman–Crippen MR) is 86.7 cm³/mol. The van der Waals surface area contributed by atoms with Crippen molar-refractivity contribution in [3.8, 4) is 5.75 Å².